The minimum absolute atomic E-state index is 0.00953. The van der Waals surface area contributed by atoms with Crippen molar-refractivity contribution in [3.05, 3.63) is 78.0 Å². The van der Waals surface area contributed by atoms with Gasteiger partial charge in [0.15, 0.2) is 11.6 Å². The Morgan fingerprint density at radius 2 is 1.92 bits per heavy atom. The molecular formula is C25H22ClFN6O3. The van der Waals surface area contributed by atoms with Gasteiger partial charge in [-0.25, -0.2) is 9.18 Å². The van der Waals surface area contributed by atoms with Gasteiger partial charge in [-0.2, -0.15) is 5.10 Å². The Balaban J connectivity index is 1.23. The van der Waals surface area contributed by atoms with Gasteiger partial charge in [-0.3, -0.25) is 10.1 Å². The Labute approximate surface area is 211 Å². The third-order valence-corrected chi connectivity index (χ3v) is 5.68. The molecule has 184 valence electrons. The molecule has 0 atom stereocenters. The molecule has 36 heavy (non-hydrogen) atoms. The number of halogens is 2. The topological polar surface area (TPSA) is 104 Å². The molecule has 3 heterocycles. The van der Waals surface area contributed by atoms with Crippen LogP contribution in [0.2, 0.25) is 5.02 Å². The number of hydrogen-bond donors (Lipinski definition) is 3. The second-order valence-electron chi connectivity index (χ2n) is 7.99. The van der Waals surface area contributed by atoms with Crippen LogP contribution in [0, 0.1) is 5.82 Å². The van der Waals surface area contributed by atoms with Gasteiger partial charge in [0.1, 0.15) is 5.75 Å². The average molecular weight is 509 g/mol. The number of rotatable bonds is 6. The number of carbonyl (C=O) groups excluding carboxylic acids is 1. The molecule has 11 heteroatoms. The SMILES string of the molecule is O=C(Nc1cc(Cl)cc(N2CCOCC2)c1)Nc1ccc(Oc2ccnc(-c3cn[nH]c3)c2)c(F)c1. The summed E-state index contributed by atoms with van der Waals surface area (Å²) in [6.07, 6.45) is 4.90. The Morgan fingerprint density at radius 3 is 2.69 bits per heavy atom. The van der Waals surface area contributed by atoms with Crippen LogP contribution in [-0.4, -0.2) is 47.5 Å². The summed E-state index contributed by atoms with van der Waals surface area (Å²) >= 11 is 6.25. The van der Waals surface area contributed by atoms with Crippen molar-refractivity contribution < 1.29 is 18.7 Å². The number of anilines is 3. The summed E-state index contributed by atoms with van der Waals surface area (Å²) in [5.74, 6) is -0.210. The lowest BCUT2D eigenvalue weighted by Crippen LogP contribution is -2.36. The highest BCUT2D eigenvalue weighted by Crippen LogP contribution is 2.29. The van der Waals surface area contributed by atoms with Crippen LogP contribution in [0.15, 0.2) is 67.1 Å². The number of hydrogen-bond acceptors (Lipinski definition) is 6. The van der Waals surface area contributed by atoms with Gasteiger partial charge in [0.2, 0.25) is 0 Å². The van der Waals surface area contributed by atoms with Gasteiger partial charge in [-0.1, -0.05) is 11.6 Å². The van der Waals surface area contributed by atoms with Gasteiger partial charge in [0.25, 0.3) is 0 Å². The van der Waals surface area contributed by atoms with E-state index in [1.807, 2.05) is 12.1 Å². The number of amides is 2. The number of carbonyl (C=O) groups is 1. The molecule has 0 saturated carbocycles. The number of ether oxygens (including phenoxy) is 2. The van der Waals surface area contributed by atoms with Crippen molar-refractivity contribution in [2.45, 2.75) is 0 Å². The monoisotopic (exact) mass is 508 g/mol. The molecule has 2 aromatic heterocycles. The summed E-state index contributed by atoms with van der Waals surface area (Å²) in [6, 6.07) is 12.3. The number of morpholine rings is 1. The second kappa shape index (κ2) is 10.6. The first-order valence-electron chi connectivity index (χ1n) is 11.2. The van der Waals surface area contributed by atoms with E-state index in [2.05, 4.69) is 30.7 Å². The molecule has 2 amide bonds. The highest BCUT2D eigenvalue weighted by molar-refractivity contribution is 6.31. The molecule has 1 aliphatic rings. The van der Waals surface area contributed by atoms with E-state index in [1.54, 1.807) is 42.9 Å². The molecule has 3 N–H and O–H groups in total. The van der Waals surface area contributed by atoms with Crippen LogP contribution in [0.5, 0.6) is 11.5 Å². The molecule has 1 aliphatic heterocycles. The zero-order valence-electron chi connectivity index (χ0n) is 19.0. The number of benzene rings is 2. The lowest BCUT2D eigenvalue weighted by atomic mass is 10.2. The summed E-state index contributed by atoms with van der Waals surface area (Å²) < 4.78 is 25.8. The number of H-pyrrole nitrogens is 1. The average Bonchev–Trinajstić information content (AvgIpc) is 3.41. The van der Waals surface area contributed by atoms with Crippen LogP contribution >= 0.6 is 11.6 Å². The Kier molecular flexibility index (Phi) is 6.96. The Hall–Kier alpha value is -4.15. The highest BCUT2D eigenvalue weighted by Gasteiger charge is 2.14. The first kappa shape index (κ1) is 23.6. The van der Waals surface area contributed by atoms with Crippen molar-refractivity contribution in [2.24, 2.45) is 0 Å². The summed E-state index contributed by atoms with van der Waals surface area (Å²) in [4.78, 5) is 18.9. The number of urea groups is 1. The molecule has 1 saturated heterocycles. The number of nitrogens with one attached hydrogen (secondary N) is 3. The lowest BCUT2D eigenvalue weighted by Gasteiger charge is -2.29. The van der Waals surface area contributed by atoms with Gasteiger partial charge >= 0.3 is 6.03 Å². The molecule has 5 rings (SSSR count). The van der Waals surface area contributed by atoms with E-state index < -0.39 is 11.8 Å². The predicted molar refractivity (Wildman–Crippen MR) is 135 cm³/mol. The van der Waals surface area contributed by atoms with E-state index >= 15 is 0 Å². The van der Waals surface area contributed by atoms with Crippen LogP contribution in [-0.2, 0) is 4.74 Å². The summed E-state index contributed by atoms with van der Waals surface area (Å²) in [5, 5.41) is 12.5. The van der Waals surface area contributed by atoms with E-state index in [0.717, 1.165) is 24.3 Å². The van der Waals surface area contributed by atoms with Gasteiger partial charge in [0.05, 0.1) is 25.1 Å². The molecule has 0 bridgehead atoms. The first-order valence-corrected chi connectivity index (χ1v) is 11.6. The lowest BCUT2D eigenvalue weighted by molar-refractivity contribution is 0.122. The van der Waals surface area contributed by atoms with E-state index in [-0.39, 0.29) is 11.4 Å². The number of aromatic amines is 1. The highest BCUT2D eigenvalue weighted by atomic mass is 35.5. The first-order chi connectivity index (χ1) is 17.5. The molecule has 9 nitrogen and oxygen atoms in total. The molecule has 1 fully saturated rings. The maximum Gasteiger partial charge on any atom is 0.323 e. The third-order valence-electron chi connectivity index (χ3n) is 5.46. The molecule has 0 unspecified atom stereocenters. The summed E-state index contributed by atoms with van der Waals surface area (Å²) in [6.45, 7) is 2.75. The van der Waals surface area contributed by atoms with Crippen LogP contribution in [0.25, 0.3) is 11.3 Å². The maximum absolute atomic E-state index is 14.7. The minimum Gasteiger partial charge on any atom is -0.454 e. The van der Waals surface area contributed by atoms with E-state index in [4.69, 9.17) is 21.1 Å². The zero-order chi connectivity index (χ0) is 24.9. The van der Waals surface area contributed by atoms with Crippen LogP contribution in [0.1, 0.15) is 0 Å². The maximum atomic E-state index is 14.7. The fourth-order valence-corrected chi connectivity index (χ4v) is 3.99. The molecule has 2 aromatic carbocycles. The fraction of sp³-hybridized carbons (Fsp3) is 0.160. The fourth-order valence-electron chi connectivity index (χ4n) is 3.76. The number of nitrogens with zero attached hydrogens (tertiary/aromatic N) is 3. The molecule has 4 aromatic rings. The molecule has 0 spiro atoms. The quantitative estimate of drug-likeness (QED) is 0.316. The van der Waals surface area contributed by atoms with Crippen molar-refractivity contribution in [1.82, 2.24) is 15.2 Å². The minimum atomic E-state index is -0.633. The second-order valence-corrected chi connectivity index (χ2v) is 8.42. The third kappa shape index (κ3) is 5.73. The van der Waals surface area contributed by atoms with E-state index in [9.17, 15) is 9.18 Å². The van der Waals surface area contributed by atoms with Crippen molar-refractivity contribution in [2.75, 3.05) is 41.8 Å². The summed E-state index contributed by atoms with van der Waals surface area (Å²) in [7, 11) is 0. The van der Waals surface area contributed by atoms with Gasteiger partial charge < -0.3 is 25.0 Å². The van der Waals surface area contributed by atoms with Crippen molar-refractivity contribution in [1.29, 1.82) is 0 Å². The van der Waals surface area contributed by atoms with Gasteiger partial charge in [-0.05, 0) is 36.4 Å². The zero-order valence-corrected chi connectivity index (χ0v) is 19.8. The Morgan fingerprint density at radius 1 is 1.08 bits per heavy atom. The van der Waals surface area contributed by atoms with E-state index in [0.29, 0.717) is 35.4 Å². The van der Waals surface area contributed by atoms with Crippen molar-refractivity contribution >= 4 is 34.7 Å². The standard InChI is InChI=1S/C25H22ClFN6O3/c26-17-9-19(11-20(10-17)33-5-7-35-8-6-33)32-25(34)31-18-1-2-24(22(27)12-18)36-21-3-4-28-23(13-21)16-14-29-30-15-16/h1-4,9-15H,5-8H2,(H,29,30)(H2,31,32,34). The van der Waals surface area contributed by atoms with Crippen molar-refractivity contribution in [3.63, 3.8) is 0 Å². The summed E-state index contributed by atoms with van der Waals surface area (Å²) in [5.41, 5.74) is 3.09. The van der Waals surface area contributed by atoms with E-state index in [1.165, 1.54) is 12.1 Å². The smallest absolute Gasteiger partial charge is 0.323 e. The van der Waals surface area contributed by atoms with Crippen LogP contribution < -0.4 is 20.3 Å². The molecular weight excluding hydrogens is 487 g/mol. The predicted octanol–water partition coefficient (Wildman–Crippen LogP) is 5.54. The van der Waals surface area contributed by atoms with Crippen molar-refractivity contribution in [3.8, 4) is 22.8 Å². The Bertz CT molecular complexity index is 1360. The largest absolute Gasteiger partial charge is 0.454 e. The molecule has 0 radical (unpaired) electrons. The number of aromatic nitrogens is 3. The number of pyridine rings is 1. The van der Waals surface area contributed by atoms with Crippen LogP contribution in [0.4, 0.5) is 26.2 Å². The normalized spacial score (nSPS) is 13.3. The van der Waals surface area contributed by atoms with Gasteiger partial charge in [-0.15, -0.1) is 0 Å². The van der Waals surface area contributed by atoms with Crippen LogP contribution in [0.3, 0.4) is 0 Å². The van der Waals surface area contributed by atoms with Gasteiger partial charge in [0, 0.05) is 65.3 Å². The molecule has 0 aliphatic carbocycles.